The summed E-state index contributed by atoms with van der Waals surface area (Å²) in [6.45, 7) is 2.40. The Morgan fingerprint density at radius 1 is 1.70 bits per heavy atom. The first-order chi connectivity index (χ1) is 4.72. The van der Waals surface area contributed by atoms with Crippen molar-refractivity contribution < 1.29 is 14.6 Å². The molecule has 0 bridgehead atoms. The summed E-state index contributed by atoms with van der Waals surface area (Å²) in [4.78, 5) is 10.4. The van der Waals surface area contributed by atoms with Gasteiger partial charge in [0, 0.05) is 13.7 Å². The van der Waals surface area contributed by atoms with Gasteiger partial charge in [-0.1, -0.05) is 6.92 Å². The van der Waals surface area contributed by atoms with Gasteiger partial charge in [0.15, 0.2) is 0 Å². The molecule has 0 saturated carbocycles. The summed E-state index contributed by atoms with van der Waals surface area (Å²) in [6.07, 6.45) is 1.29. The highest BCUT2D eigenvalue weighted by molar-refractivity contribution is 5.69. The van der Waals surface area contributed by atoms with Crippen LogP contribution in [0, 0.1) is 5.92 Å². The van der Waals surface area contributed by atoms with E-state index in [1.54, 1.807) is 7.11 Å². The molecule has 0 radical (unpaired) electrons. The molecule has 0 fully saturated rings. The van der Waals surface area contributed by atoms with Crippen molar-refractivity contribution in [1.29, 1.82) is 0 Å². The third kappa shape index (κ3) is 3.45. The van der Waals surface area contributed by atoms with Crippen molar-refractivity contribution >= 4 is 5.97 Å². The lowest BCUT2D eigenvalue weighted by Crippen LogP contribution is -2.14. The maximum absolute atomic E-state index is 10.4. The first-order valence-electron chi connectivity index (χ1n) is 3.44. The van der Waals surface area contributed by atoms with Crippen LogP contribution in [-0.2, 0) is 9.53 Å². The number of carboxylic acids is 1. The van der Waals surface area contributed by atoms with E-state index in [2.05, 4.69) is 0 Å². The predicted molar refractivity (Wildman–Crippen MR) is 37.9 cm³/mol. The Hall–Kier alpha value is -0.570. The van der Waals surface area contributed by atoms with Crippen molar-refractivity contribution in [3.63, 3.8) is 0 Å². The Labute approximate surface area is 61.0 Å². The maximum Gasteiger partial charge on any atom is 0.306 e. The van der Waals surface area contributed by atoms with E-state index in [0.29, 0.717) is 19.4 Å². The van der Waals surface area contributed by atoms with Crippen molar-refractivity contribution in [2.24, 2.45) is 5.92 Å². The Balaban J connectivity index is 3.50. The maximum atomic E-state index is 10.4. The largest absolute Gasteiger partial charge is 0.481 e. The Morgan fingerprint density at radius 2 is 2.30 bits per heavy atom. The van der Waals surface area contributed by atoms with Gasteiger partial charge in [-0.25, -0.2) is 0 Å². The van der Waals surface area contributed by atoms with Crippen LogP contribution in [0.25, 0.3) is 0 Å². The van der Waals surface area contributed by atoms with E-state index in [1.807, 2.05) is 6.92 Å². The van der Waals surface area contributed by atoms with Crippen LogP contribution in [0.3, 0.4) is 0 Å². The number of hydrogen-bond acceptors (Lipinski definition) is 2. The van der Waals surface area contributed by atoms with Gasteiger partial charge in [-0.3, -0.25) is 4.79 Å². The van der Waals surface area contributed by atoms with Gasteiger partial charge in [0.1, 0.15) is 0 Å². The van der Waals surface area contributed by atoms with Crippen LogP contribution in [0.2, 0.25) is 0 Å². The van der Waals surface area contributed by atoms with Crippen molar-refractivity contribution in [2.45, 2.75) is 19.8 Å². The summed E-state index contributed by atoms with van der Waals surface area (Å²) < 4.78 is 4.76. The van der Waals surface area contributed by atoms with Crippen LogP contribution in [0.15, 0.2) is 0 Å². The summed E-state index contributed by atoms with van der Waals surface area (Å²) in [5.41, 5.74) is 0. The molecule has 0 aliphatic rings. The molecular weight excluding hydrogens is 132 g/mol. The quantitative estimate of drug-likeness (QED) is 0.632. The number of aliphatic carboxylic acids is 1. The van der Waals surface area contributed by atoms with Gasteiger partial charge in [-0.15, -0.1) is 0 Å². The molecule has 0 aliphatic carbocycles. The van der Waals surface area contributed by atoms with Gasteiger partial charge in [0.05, 0.1) is 5.92 Å². The summed E-state index contributed by atoms with van der Waals surface area (Å²) in [5, 5.41) is 8.54. The molecule has 3 nitrogen and oxygen atoms in total. The second-order valence-electron chi connectivity index (χ2n) is 2.22. The number of ether oxygens (including phenoxy) is 1. The third-order valence-corrected chi connectivity index (χ3v) is 1.51. The number of rotatable bonds is 5. The van der Waals surface area contributed by atoms with E-state index in [4.69, 9.17) is 9.84 Å². The zero-order chi connectivity index (χ0) is 7.98. The van der Waals surface area contributed by atoms with Crippen LogP contribution >= 0.6 is 0 Å². The first kappa shape index (κ1) is 9.43. The smallest absolute Gasteiger partial charge is 0.306 e. The van der Waals surface area contributed by atoms with Crippen LogP contribution in [0.1, 0.15) is 19.8 Å². The molecule has 0 aromatic carbocycles. The average Bonchev–Trinajstić information content (AvgIpc) is 1.89. The molecule has 0 heterocycles. The van der Waals surface area contributed by atoms with E-state index in [0.717, 1.165) is 0 Å². The van der Waals surface area contributed by atoms with Gasteiger partial charge in [0.25, 0.3) is 0 Å². The van der Waals surface area contributed by atoms with Crippen LogP contribution in [0.4, 0.5) is 0 Å². The van der Waals surface area contributed by atoms with Crippen molar-refractivity contribution in [3.05, 3.63) is 0 Å². The highest BCUT2D eigenvalue weighted by Gasteiger charge is 2.13. The number of methoxy groups -OCH3 is 1. The van der Waals surface area contributed by atoms with E-state index in [1.165, 1.54) is 0 Å². The van der Waals surface area contributed by atoms with Gasteiger partial charge in [0.2, 0.25) is 0 Å². The van der Waals surface area contributed by atoms with E-state index in [-0.39, 0.29) is 5.92 Å². The van der Waals surface area contributed by atoms with E-state index < -0.39 is 5.97 Å². The number of carbonyl (C=O) groups is 1. The zero-order valence-electron chi connectivity index (χ0n) is 6.46. The predicted octanol–water partition coefficient (Wildman–Crippen LogP) is 1.13. The minimum Gasteiger partial charge on any atom is -0.481 e. The second-order valence-corrected chi connectivity index (χ2v) is 2.22. The average molecular weight is 146 g/mol. The van der Waals surface area contributed by atoms with Crippen LogP contribution in [0.5, 0.6) is 0 Å². The number of carboxylic acid groups (broad SMARTS) is 1. The lowest BCUT2D eigenvalue weighted by Gasteiger charge is -2.07. The highest BCUT2D eigenvalue weighted by atomic mass is 16.5. The monoisotopic (exact) mass is 146 g/mol. The normalized spacial score (nSPS) is 13.0. The summed E-state index contributed by atoms with van der Waals surface area (Å²) in [6, 6.07) is 0. The van der Waals surface area contributed by atoms with E-state index >= 15 is 0 Å². The van der Waals surface area contributed by atoms with Crippen molar-refractivity contribution in [3.8, 4) is 0 Å². The second kappa shape index (κ2) is 5.23. The molecule has 1 atom stereocenters. The fourth-order valence-electron chi connectivity index (χ4n) is 0.762. The van der Waals surface area contributed by atoms with Gasteiger partial charge in [-0.05, 0) is 12.8 Å². The summed E-state index contributed by atoms with van der Waals surface area (Å²) >= 11 is 0. The minimum atomic E-state index is -0.723. The minimum absolute atomic E-state index is 0.236. The van der Waals surface area contributed by atoms with Crippen molar-refractivity contribution in [1.82, 2.24) is 0 Å². The Bertz CT molecular complexity index is 101. The summed E-state index contributed by atoms with van der Waals surface area (Å²) in [7, 11) is 1.58. The zero-order valence-corrected chi connectivity index (χ0v) is 6.46. The fraction of sp³-hybridized carbons (Fsp3) is 0.857. The summed E-state index contributed by atoms with van der Waals surface area (Å²) in [5.74, 6) is -0.959. The molecule has 0 aromatic heterocycles. The molecule has 0 aromatic rings. The number of hydrogen-bond donors (Lipinski definition) is 1. The highest BCUT2D eigenvalue weighted by Crippen LogP contribution is 2.07. The Morgan fingerprint density at radius 3 is 2.60 bits per heavy atom. The molecule has 0 rings (SSSR count). The van der Waals surface area contributed by atoms with Gasteiger partial charge in [-0.2, -0.15) is 0 Å². The lowest BCUT2D eigenvalue weighted by molar-refractivity contribution is -0.142. The molecule has 1 unspecified atom stereocenters. The molecule has 3 heteroatoms. The SMILES string of the molecule is CCC(CCOC)C(=O)O. The molecule has 0 aliphatic heterocycles. The van der Waals surface area contributed by atoms with Gasteiger partial charge < -0.3 is 9.84 Å². The molecule has 10 heavy (non-hydrogen) atoms. The van der Waals surface area contributed by atoms with Gasteiger partial charge >= 0.3 is 5.97 Å². The first-order valence-corrected chi connectivity index (χ1v) is 3.44. The molecule has 0 saturated heterocycles. The molecule has 1 N–H and O–H groups in total. The molecule has 0 amide bonds. The van der Waals surface area contributed by atoms with Crippen molar-refractivity contribution in [2.75, 3.05) is 13.7 Å². The van der Waals surface area contributed by atoms with Crippen LogP contribution < -0.4 is 0 Å². The molecule has 60 valence electrons. The third-order valence-electron chi connectivity index (χ3n) is 1.51. The lowest BCUT2D eigenvalue weighted by atomic mass is 10.0. The Kier molecular flexibility index (Phi) is 4.94. The topological polar surface area (TPSA) is 46.5 Å². The molecule has 0 spiro atoms. The van der Waals surface area contributed by atoms with Crippen LogP contribution in [-0.4, -0.2) is 24.8 Å². The molecular formula is C7H14O3. The fourth-order valence-corrected chi connectivity index (χ4v) is 0.762. The standard InChI is InChI=1S/C7H14O3/c1-3-6(7(8)9)4-5-10-2/h6H,3-5H2,1-2H3,(H,8,9). The van der Waals surface area contributed by atoms with E-state index in [9.17, 15) is 4.79 Å².